The van der Waals surface area contributed by atoms with Gasteiger partial charge in [0.15, 0.2) is 6.10 Å². The van der Waals surface area contributed by atoms with Crippen LogP contribution < -0.4 is 0 Å². The van der Waals surface area contributed by atoms with Gasteiger partial charge < -0.3 is 4.74 Å². The van der Waals surface area contributed by atoms with E-state index < -0.39 is 12.1 Å². The van der Waals surface area contributed by atoms with E-state index in [1.807, 2.05) is 13.8 Å². The van der Waals surface area contributed by atoms with Crippen molar-refractivity contribution in [2.75, 3.05) is 6.61 Å². The van der Waals surface area contributed by atoms with Gasteiger partial charge in [0.25, 0.3) is 0 Å². The number of carbonyl (C=O) groups excluding carboxylic acids is 1. The Bertz CT molecular complexity index is 121. The molecule has 11 heavy (non-hydrogen) atoms. The molecule has 0 heterocycles. The molecule has 3 heteroatoms. The molecule has 0 aliphatic carbocycles. The van der Waals surface area contributed by atoms with Gasteiger partial charge in [-0.3, -0.25) is 0 Å². The molecule has 0 saturated heterocycles. The van der Waals surface area contributed by atoms with Gasteiger partial charge in [-0.1, -0.05) is 20.8 Å². The Morgan fingerprint density at radius 3 is 2.27 bits per heavy atom. The zero-order chi connectivity index (χ0) is 8.85. The third-order valence-electron chi connectivity index (χ3n) is 1.26. The number of hydrogen-bond acceptors (Lipinski definition) is 2. The van der Waals surface area contributed by atoms with Gasteiger partial charge in [-0.05, 0) is 12.3 Å². The highest BCUT2D eigenvalue weighted by Crippen LogP contribution is 2.02. The maximum atomic E-state index is 10.3. The Hall–Kier alpha value is -0.570. The lowest BCUT2D eigenvalue weighted by Crippen LogP contribution is -2.23. The molecule has 0 spiro atoms. The van der Waals surface area contributed by atoms with Crippen molar-refractivity contribution in [1.82, 2.24) is 0 Å². The van der Waals surface area contributed by atoms with Crippen LogP contribution in [0.5, 0.6) is 0 Å². The van der Waals surface area contributed by atoms with E-state index in [2.05, 4.69) is 0 Å². The second-order valence-electron chi connectivity index (χ2n) is 2.94. The monoisotopic (exact) mass is 159 g/mol. The van der Waals surface area contributed by atoms with Crippen LogP contribution in [0.3, 0.4) is 0 Å². The van der Waals surface area contributed by atoms with Crippen molar-refractivity contribution in [2.45, 2.75) is 33.3 Å². The van der Waals surface area contributed by atoms with Gasteiger partial charge in [0.1, 0.15) is 0 Å². The molecule has 0 N–H and O–H groups in total. The average Bonchev–Trinajstić information content (AvgIpc) is 1.87. The minimum Gasteiger partial charge on any atom is -0.366 e. The highest BCUT2D eigenvalue weighted by atomic mass is 16.5. The van der Waals surface area contributed by atoms with Gasteiger partial charge in [-0.15, -0.1) is 0 Å². The Labute approximate surface area is 67.4 Å². The van der Waals surface area contributed by atoms with E-state index in [9.17, 15) is 9.90 Å². The summed E-state index contributed by atoms with van der Waals surface area (Å²) in [5, 5.41) is 10.3. The minimum absolute atomic E-state index is 0.364. The van der Waals surface area contributed by atoms with E-state index in [1.165, 1.54) is 0 Å². The van der Waals surface area contributed by atoms with Crippen molar-refractivity contribution >= 4 is 5.97 Å². The molecular weight excluding hydrogens is 144 g/mol. The van der Waals surface area contributed by atoms with Crippen LogP contribution in [0.1, 0.15) is 27.2 Å². The highest BCUT2D eigenvalue weighted by molar-refractivity contribution is 5.71. The van der Waals surface area contributed by atoms with Crippen molar-refractivity contribution in [1.29, 1.82) is 0 Å². The van der Waals surface area contributed by atoms with Crippen molar-refractivity contribution in [3.05, 3.63) is 0 Å². The molecule has 0 bridgehead atoms. The maximum Gasteiger partial charge on any atom is 0.383 e. The number of rotatable bonds is 5. The first-order valence-electron chi connectivity index (χ1n) is 3.90. The lowest BCUT2D eigenvalue weighted by atomic mass is 10.2. The zero-order valence-electron chi connectivity index (χ0n) is 7.29. The first-order chi connectivity index (χ1) is 5.07. The molecule has 65 valence electrons. The van der Waals surface area contributed by atoms with Crippen LogP contribution in [0.15, 0.2) is 0 Å². The van der Waals surface area contributed by atoms with E-state index in [0.29, 0.717) is 18.9 Å². The molecule has 0 aliphatic rings. The van der Waals surface area contributed by atoms with Crippen LogP contribution in [0, 0.1) is 5.92 Å². The lowest BCUT2D eigenvalue weighted by Gasteiger charge is -2.11. The standard InChI is InChI=1S/C8H15O3/c1-4-7(8(9)10)11-5-6(2)3/h6-7H,4-5H2,1-3H3. The summed E-state index contributed by atoms with van der Waals surface area (Å²) in [4.78, 5) is 10.3. The Kier molecular flexibility index (Phi) is 4.86. The largest absolute Gasteiger partial charge is 0.383 e. The Balaban J connectivity index is 3.61. The SMILES string of the molecule is CCC(OCC(C)C)C([O])=O. The van der Waals surface area contributed by atoms with Crippen molar-refractivity contribution < 1.29 is 14.6 Å². The predicted octanol–water partition coefficient (Wildman–Crippen LogP) is 1.39. The summed E-state index contributed by atoms with van der Waals surface area (Å²) in [7, 11) is 0. The molecule has 0 aromatic heterocycles. The molecule has 0 amide bonds. The van der Waals surface area contributed by atoms with E-state index >= 15 is 0 Å². The summed E-state index contributed by atoms with van der Waals surface area (Å²) in [6.45, 7) is 6.19. The molecule has 1 atom stereocenters. The quantitative estimate of drug-likeness (QED) is 0.608. The van der Waals surface area contributed by atoms with Crippen molar-refractivity contribution in [2.24, 2.45) is 5.92 Å². The smallest absolute Gasteiger partial charge is 0.366 e. The van der Waals surface area contributed by atoms with Crippen molar-refractivity contribution in [3.63, 3.8) is 0 Å². The fourth-order valence-corrected chi connectivity index (χ4v) is 0.661. The van der Waals surface area contributed by atoms with Gasteiger partial charge >= 0.3 is 5.97 Å². The second kappa shape index (κ2) is 5.13. The first kappa shape index (κ1) is 10.4. The second-order valence-corrected chi connectivity index (χ2v) is 2.94. The van der Waals surface area contributed by atoms with Crippen LogP contribution >= 0.6 is 0 Å². The van der Waals surface area contributed by atoms with Gasteiger partial charge in [0.05, 0.1) is 6.61 Å². The molecule has 0 aromatic carbocycles. The molecule has 0 rings (SSSR count). The van der Waals surface area contributed by atoms with Crippen LogP contribution in [-0.4, -0.2) is 18.7 Å². The van der Waals surface area contributed by atoms with Gasteiger partial charge in [-0.2, -0.15) is 0 Å². The molecule has 0 aromatic rings. The van der Waals surface area contributed by atoms with Gasteiger partial charge in [-0.25, -0.2) is 9.90 Å². The molecule has 0 aliphatic heterocycles. The van der Waals surface area contributed by atoms with Gasteiger partial charge in [0.2, 0.25) is 0 Å². The van der Waals surface area contributed by atoms with Crippen LogP contribution in [0.2, 0.25) is 0 Å². The third kappa shape index (κ3) is 4.79. The Morgan fingerprint density at radius 1 is 1.45 bits per heavy atom. The number of hydrogen-bond donors (Lipinski definition) is 0. The molecule has 1 unspecified atom stereocenters. The summed E-state index contributed by atoms with van der Waals surface area (Å²) < 4.78 is 5.05. The van der Waals surface area contributed by atoms with Crippen LogP contribution in [0.25, 0.3) is 0 Å². The fraction of sp³-hybridized carbons (Fsp3) is 0.875. The van der Waals surface area contributed by atoms with E-state index in [0.717, 1.165) is 0 Å². The third-order valence-corrected chi connectivity index (χ3v) is 1.26. The first-order valence-corrected chi connectivity index (χ1v) is 3.90. The summed E-state index contributed by atoms with van der Waals surface area (Å²) in [6, 6.07) is 0. The van der Waals surface area contributed by atoms with E-state index in [4.69, 9.17) is 4.74 Å². The maximum absolute atomic E-state index is 10.3. The molecular formula is C8H15O3. The summed E-state index contributed by atoms with van der Waals surface area (Å²) in [5.74, 6) is -0.753. The van der Waals surface area contributed by atoms with E-state index in [1.54, 1.807) is 6.92 Å². The van der Waals surface area contributed by atoms with Crippen LogP contribution in [0.4, 0.5) is 0 Å². The molecule has 0 saturated carbocycles. The molecule has 1 radical (unpaired) electrons. The molecule has 0 fully saturated rings. The van der Waals surface area contributed by atoms with Crippen LogP contribution in [-0.2, 0) is 14.6 Å². The highest BCUT2D eigenvalue weighted by Gasteiger charge is 2.17. The zero-order valence-corrected chi connectivity index (χ0v) is 7.29. The normalized spacial score (nSPS) is 13.5. The summed E-state index contributed by atoms with van der Waals surface area (Å²) >= 11 is 0. The lowest BCUT2D eigenvalue weighted by molar-refractivity contribution is -0.157. The topological polar surface area (TPSA) is 46.2 Å². The predicted molar refractivity (Wildman–Crippen MR) is 40.6 cm³/mol. The minimum atomic E-state index is -1.12. The average molecular weight is 159 g/mol. The van der Waals surface area contributed by atoms with Gasteiger partial charge in [0, 0.05) is 0 Å². The summed E-state index contributed by atoms with van der Waals surface area (Å²) in [6.07, 6.45) is -0.271. The van der Waals surface area contributed by atoms with E-state index in [-0.39, 0.29) is 0 Å². The fourth-order valence-electron chi connectivity index (χ4n) is 0.661. The number of carbonyl (C=O) groups is 1. The summed E-state index contributed by atoms with van der Waals surface area (Å²) in [5.41, 5.74) is 0. The number of ether oxygens (including phenoxy) is 1. The van der Waals surface area contributed by atoms with Crippen molar-refractivity contribution in [3.8, 4) is 0 Å². The molecule has 3 nitrogen and oxygen atoms in total. The Morgan fingerprint density at radius 2 is 2.00 bits per heavy atom.